The van der Waals surface area contributed by atoms with Gasteiger partial charge in [0.05, 0.1) is 18.0 Å². The van der Waals surface area contributed by atoms with Gasteiger partial charge < -0.3 is 10.1 Å². The van der Waals surface area contributed by atoms with Crippen LogP contribution >= 0.6 is 11.8 Å². The first kappa shape index (κ1) is 17.9. The SMILES string of the molecule is CCOc1ccc(-n2nnnc2SCC(=O)Nc2ccc(F)cc2)cc1. The number of tetrazole rings is 1. The fourth-order valence-electron chi connectivity index (χ4n) is 2.14. The van der Waals surface area contributed by atoms with E-state index in [4.69, 9.17) is 4.74 Å². The normalized spacial score (nSPS) is 10.5. The number of benzene rings is 2. The molecule has 0 saturated carbocycles. The lowest BCUT2D eigenvalue weighted by Gasteiger charge is -2.07. The van der Waals surface area contributed by atoms with Gasteiger partial charge >= 0.3 is 0 Å². The number of carbonyl (C=O) groups is 1. The van der Waals surface area contributed by atoms with Crippen molar-refractivity contribution < 1.29 is 13.9 Å². The van der Waals surface area contributed by atoms with Crippen molar-refractivity contribution in [3.63, 3.8) is 0 Å². The van der Waals surface area contributed by atoms with Crippen molar-refractivity contribution in [2.75, 3.05) is 17.7 Å². The highest BCUT2D eigenvalue weighted by atomic mass is 32.2. The van der Waals surface area contributed by atoms with Gasteiger partial charge in [0.2, 0.25) is 11.1 Å². The number of rotatable bonds is 7. The number of amides is 1. The van der Waals surface area contributed by atoms with Crippen LogP contribution in [0.4, 0.5) is 10.1 Å². The van der Waals surface area contributed by atoms with Crippen LogP contribution in [0.25, 0.3) is 5.69 Å². The first-order valence-electron chi connectivity index (χ1n) is 7.85. The Labute approximate surface area is 153 Å². The number of halogens is 1. The summed E-state index contributed by atoms with van der Waals surface area (Å²) in [4.78, 5) is 12.0. The molecule has 0 unspecified atom stereocenters. The minimum absolute atomic E-state index is 0.120. The van der Waals surface area contributed by atoms with Gasteiger partial charge in [-0.2, -0.15) is 4.68 Å². The fraction of sp³-hybridized carbons (Fsp3) is 0.176. The predicted molar refractivity (Wildman–Crippen MR) is 96.1 cm³/mol. The van der Waals surface area contributed by atoms with Gasteiger partial charge in [-0.05, 0) is 65.9 Å². The van der Waals surface area contributed by atoms with Crippen molar-refractivity contribution in [2.24, 2.45) is 0 Å². The third kappa shape index (κ3) is 4.57. The number of nitrogens with one attached hydrogen (secondary N) is 1. The summed E-state index contributed by atoms with van der Waals surface area (Å²) in [5, 5.41) is 14.7. The molecule has 0 radical (unpaired) electrons. The zero-order valence-electron chi connectivity index (χ0n) is 13.9. The quantitative estimate of drug-likeness (QED) is 0.641. The maximum Gasteiger partial charge on any atom is 0.234 e. The average Bonchev–Trinajstić information content (AvgIpc) is 3.11. The Morgan fingerprint density at radius 2 is 1.92 bits per heavy atom. The van der Waals surface area contributed by atoms with Crippen LogP contribution in [-0.2, 0) is 4.79 Å². The lowest BCUT2D eigenvalue weighted by atomic mass is 10.3. The summed E-state index contributed by atoms with van der Waals surface area (Å²) >= 11 is 1.20. The van der Waals surface area contributed by atoms with Crippen molar-refractivity contribution in [1.82, 2.24) is 20.2 Å². The van der Waals surface area contributed by atoms with E-state index < -0.39 is 0 Å². The topological polar surface area (TPSA) is 81.9 Å². The average molecular weight is 373 g/mol. The Morgan fingerprint density at radius 3 is 2.62 bits per heavy atom. The molecule has 1 amide bonds. The van der Waals surface area contributed by atoms with Crippen molar-refractivity contribution in [3.05, 3.63) is 54.3 Å². The molecule has 134 valence electrons. The number of ether oxygens (including phenoxy) is 1. The third-order valence-electron chi connectivity index (χ3n) is 3.29. The highest BCUT2D eigenvalue weighted by Crippen LogP contribution is 2.20. The van der Waals surface area contributed by atoms with E-state index in [1.54, 1.807) is 4.68 Å². The second-order valence-corrected chi connectivity index (χ2v) is 6.09. The van der Waals surface area contributed by atoms with Gasteiger partial charge in [-0.15, -0.1) is 5.10 Å². The van der Waals surface area contributed by atoms with Crippen LogP contribution in [0.1, 0.15) is 6.92 Å². The Balaban J connectivity index is 1.61. The van der Waals surface area contributed by atoms with Crippen LogP contribution in [0.3, 0.4) is 0 Å². The molecule has 9 heteroatoms. The summed E-state index contributed by atoms with van der Waals surface area (Å²) in [5.74, 6) is 0.293. The Morgan fingerprint density at radius 1 is 1.19 bits per heavy atom. The van der Waals surface area contributed by atoms with E-state index in [1.807, 2.05) is 31.2 Å². The molecule has 1 N–H and O–H groups in total. The number of nitrogens with zero attached hydrogens (tertiary/aromatic N) is 4. The molecule has 0 aliphatic carbocycles. The number of carbonyl (C=O) groups excluding carboxylic acids is 1. The van der Waals surface area contributed by atoms with Gasteiger partial charge in [-0.1, -0.05) is 11.8 Å². The van der Waals surface area contributed by atoms with Crippen LogP contribution in [0.15, 0.2) is 53.7 Å². The van der Waals surface area contributed by atoms with Crippen molar-refractivity contribution >= 4 is 23.4 Å². The number of hydrogen-bond donors (Lipinski definition) is 1. The number of aromatic nitrogens is 4. The van der Waals surface area contributed by atoms with E-state index in [1.165, 1.54) is 36.0 Å². The highest BCUT2D eigenvalue weighted by molar-refractivity contribution is 7.99. The van der Waals surface area contributed by atoms with E-state index in [2.05, 4.69) is 20.8 Å². The van der Waals surface area contributed by atoms with Crippen molar-refractivity contribution in [2.45, 2.75) is 12.1 Å². The molecule has 0 aliphatic rings. The smallest absolute Gasteiger partial charge is 0.234 e. The molecule has 0 bridgehead atoms. The highest BCUT2D eigenvalue weighted by Gasteiger charge is 2.12. The molecule has 0 fully saturated rings. The molecule has 1 aromatic heterocycles. The van der Waals surface area contributed by atoms with Gasteiger partial charge in [0, 0.05) is 5.69 Å². The van der Waals surface area contributed by atoms with E-state index >= 15 is 0 Å². The zero-order valence-corrected chi connectivity index (χ0v) is 14.7. The Kier molecular flexibility index (Phi) is 5.80. The van der Waals surface area contributed by atoms with E-state index in [9.17, 15) is 9.18 Å². The van der Waals surface area contributed by atoms with Crippen LogP contribution in [-0.4, -0.2) is 38.5 Å². The first-order chi connectivity index (χ1) is 12.7. The molecule has 3 aromatic rings. The van der Waals surface area contributed by atoms with Gasteiger partial charge in [0.1, 0.15) is 11.6 Å². The Bertz CT molecular complexity index is 868. The summed E-state index contributed by atoms with van der Waals surface area (Å²) in [6, 6.07) is 12.9. The predicted octanol–water partition coefficient (Wildman–Crippen LogP) is 2.93. The second-order valence-electron chi connectivity index (χ2n) is 5.14. The fourth-order valence-corrected chi connectivity index (χ4v) is 2.83. The first-order valence-corrected chi connectivity index (χ1v) is 8.84. The summed E-state index contributed by atoms with van der Waals surface area (Å²) in [7, 11) is 0. The van der Waals surface area contributed by atoms with E-state index in [0.29, 0.717) is 17.5 Å². The van der Waals surface area contributed by atoms with Gasteiger partial charge in [-0.3, -0.25) is 4.79 Å². The number of hydrogen-bond acceptors (Lipinski definition) is 6. The molecular weight excluding hydrogens is 357 g/mol. The van der Waals surface area contributed by atoms with Crippen LogP contribution in [0.2, 0.25) is 0 Å². The second kappa shape index (κ2) is 8.43. The standard InChI is InChI=1S/C17H16FN5O2S/c1-2-25-15-9-7-14(8-10-15)23-17(20-21-22-23)26-11-16(24)19-13-5-3-12(18)4-6-13/h3-10H,2,11H2,1H3,(H,19,24). The van der Waals surface area contributed by atoms with Crippen LogP contribution < -0.4 is 10.1 Å². The molecule has 7 nitrogen and oxygen atoms in total. The van der Waals surface area contributed by atoms with Gasteiger partial charge in [-0.25, -0.2) is 4.39 Å². The lowest BCUT2D eigenvalue weighted by molar-refractivity contribution is -0.113. The summed E-state index contributed by atoms with van der Waals surface area (Å²) < 4.78 is 19.8. The molecule has 1 heterocycles. The van der Waals surface area contributed by atoms with E-state index in [-0.39, 0.29) is 17.5 Å². The van der Waals surface area contributed by atoms with E-state index in [0.717, 1.165) is 11.4 Å². The monoisotopic (exact) mass is 373 g/mol. The molecule has 3 rings (SSSR count). The largest absolute Gasteiger partial charge is 0.494 e. The van der Waals surface area contributed by atoms with Crippen molar-refractivity contribution in [1.29, 1.82) is 0 Å². The van der Waals surface area contributed by atoms with Gasteiger partial charge in [0.15, 0.2) is 0 Å². The summed E-state index contributed by atoms with van der Waals surface area (Å²) in [6.07, 6.45) is 0. The third-order valence-corrected chi connectivity index (χ3v) is 4.21. The maximum atomic E-state index is 12.9. The molecule has 0 saturated heterocycles. The molecule has 0 atom stereocenters. The molecule has 0 aliphatic heterocycles. The van der Waals surface area contributed by atoms with Crippen LogP contribution in [0.5, 0.6) is 5.75 Å². The molecule has 0 spiro atoms. The van der Waals surface area contributed by atoms with Gasteiger partial charge in [0.25, 0.3) is 0 Å². The minimum Gasteiger partial charge on any atom is -0.494 e. The summed E-state index contributed by atoms with van der Waals surface area (Å²) in [5.41, 5.74) is 1.29. The molecular formula is C17H16FN5O2S. The number of anilines is 1. The van der Waals surface area contributed by atoms with Crippen molar-refractivity contribution in [3.8, 4) is 11.4 Å². The molecule has 26 heavy (non-hydrogen) atoms. The molecule has 2 aromatic carbocycles. The summed E-state index contributed by atoms with van der Waals surface area (Å²) in [6.45, 7) is 2.51. The van der Waals surface area contributed by atoms with Crippen LogP contribution in [0, 0.1) is 5.82 Å². The number of thioether (sulfide) groups is 1. The maximum absolute atomic E-state index is 12.9. The zero-order chi connectivity index (χ0) is 18.4. The minimum atomic E-state index is -0.355. The Hall–Kier alpha value is -2.94. The lowest BCUT2D eigenvalue weighted by Crippen LogP contribution is -2.14.